The van der Waals surface area contributed by atoms with E-state index >= 15 is 0 Å². The van der Waals surface area contributed by atoms with Crippen molar-refractivity contribution in [2.24, 2.45) is 16.8 Å². The lowest BCUT2D eigenvalue weighted by Gasteiger charge is -2.21. The maximum absolute atomic E-state index is 12.5. The molecule has 1 amide bonds. The molecule has 0 fully saturated rings. The molecule has 0 aliphatic heterocycles. The van der Waals surface area contributed by atoms with Gasteiger partial charge in [0.2, 0.25) is 5.90 Å². The van der Waals surface area contributed by atoms with Crippen LogP contribution in [0, 0.1) is 11.8 Å². The molecule has 0 spiro atoms. The molecule has 0 heterocycles. The first-order valence-electron chi connectivity index (χ1n) is 10.5. The molecule has 0 saturated heterocycles. The molecule has 0 radical (unpaired) electrons. The number of carbonyl (C=O) groups is 4. The molecule has 0 aliphatic rings. The molecule has 0 saturated carbocycles. The number of methoxy groups -OCH3 is 1. The van der Waals surface area contributed by atoms with E-state index in [0.717, 1.165) is 0 Å². The highest BCUT2D eigenvalue weighted by atomic mass is 127. The number of carbonyl (C=O) groups excluding carboxylic acids is 2. The number of amides is 1. The van der Waals surface area contributed by atoms with Crippen LogP contribution in [0.2, 0.25) is 10.0 Å². The van der Waals surface area contributed by atoms with Gasteiger partial charge in [-0.25, -0.2) is 0 Å². The van der Waals surface area contributed by atoms with Gasteiger partial charge in [-0.3, -0.25) is 24.2 Å². The summed E-state index contributed by atoms with van der Waals surface area (Å²) in [5.74, 6) is -5.74. The lowest BCUT2D eigenvalue weighted by atomic mass is 9.81. The van der Waals surface area contributed by atoms with Gasteiger partial charge < -0.3 is 24.9 Å². The van der Waals surface area contributed by atoms with E-state index in [1.807, 2.05) is 36.2 Å². The number of hydrogen-bond donors (Lipinski definition) is 3. The minimum atomic E-state index is -1.34. The number of hydrogen-bond acceptors (Lipinski definition) is 7. The Kier molecular flexibility index (Phi) is 13.4. The van der Waals surface area contributed by atoms with Crippen LogP contribution < -0.4 is 5.32 Å². The van der Waals surface area contributed by atoms with Crippen LogP contribution in [0.25, 0.3) is 0 Å². The molecule has 1 aromatic rings. The summed E-state index contributed by atoms with van der Waals surface area (Å²) in [6, 6.07) is 4.48. The molecule has 1 atom stereocenters. The van der Waals surface area contributed by atoms with Crippen LogP contribution in [0.5, 0.6) is 0 Å². The van der Waals surface area contributed by atoms with Crippen LogP contribution in [0.1, 0.15) is 43.5 Å². The smallest absolute Gasteiger partial charge is 0.457 e. The van der Waals surface area contributed by atoms with Gasteiger partial charge in [0.25, 0.3) is 11.9 Å². The lowest BCUT2D eigenvalue weighted by molar-refractivity contribution is -0.150. The number of benzene rings is 1. The molecule has 192 valence electrons. The molecule has 3 N–H and O–H groups in total. The number of aliphatic carboxylic acids is 2. The Bertz CT molecular complexity index is 947. The van der Waals surface area contributed by atoms with Crippen molar-refractivity contribution in [1.29, 1.82) is 0 Å². The van der Waals surface area contributed by atoms with E-state index in [1.54, 1.807) is 6.07 Å². The fraction of sp³-hybridized carbons (Fsp3) is 0.476. The Balaban J connectivity index is 2.99. The number of nitrogens with zero attached hydrogens (tertiary/aromatic N) is 1. The van der Waals surface area contributed by atoms with Crippen LogP contribution in [0.3, 0.4) is 0 Å². The number of carboxylic acid groups (broad SMARTS) is 2. The average molecular weight is 643 g/mol. The predicted molar refractivity (Wildman–Crippen MR) is 140 cm³/mol. The summed E-state index contributed by atoms with van der Waals surface area (Å²) in [4.78, 5) is 51.5. The Morgan fingerprint density at radius 1 is 1.14 bits per heavy atom. The summed E-state index contributed by atoms with van der Waals surface area (Å²) in [6.07, 6.45) is -0.883. The summed E-state index contributed by atoms with van der Waals surface area (Å²) >= 11 is 13.8. The summed E-state index contributed by atoms with van der Waals surface area (Å²) < 4.78 is 9.82. The maximum Gasteiger partial charge on any atom is 0.457 e. The van der Waals surface area contributed by atoms with Crippen molar-refractivity contribution in [3.05, 3.63) is 33.8 Å². The van der Waals surface area contributed by atoms with E-state index in [1.165, 1.54) is 19.2 Å². The van der Waals surface area contributed by atoms with Crippen molar-refractivity contribution < 1.29 is 38.8 Å². The Morgan fingerprint density at radius 3 is 2.26 bits per heavy atom. The molecule has 14 heteroatoms. The molecule has 0 bridgehead atoms. The second-order valence-corrected chi connectivity index (χ2v) is 9.98. The van der Waals surface area contributed by atoms with E-state index in [9.17, 15) is 19.2 Å². The molecule has 1 aromatic carbocycles. The largest absolute Gasteiger partial charge is 0.523 e. The summed E-state index contributed by atoms with van der Waals surface area (Å²) in [5.41, 5.74) is 0.178. The third-order valence-electron chi connectivity index (χ3n) is 4.54. The number of nitrogens with one attached hydrogen (secondary N) is 1. The third kappa shape index (κ3) is 11.5. The number of carboxylic acids is 2. The number of rotatable bonds is 13. The first-order valence-corrected chi connectivity index (χ1v) is 12.5. The maximum atomic E-state index is 12.5. The van der Waals surface area contributed by atoms with Gasteiger partial charge in [-0.15, -0.1) is 0 Å². The Labute approximate surface area is 226 Å². The topological polar surface area (TPSA) is 152 Å². The molecule has 0 aromatic heterocycles. The van der Waals surface area contributed by atoms with Crippen LogP contribution in [0.4, 0.5) is 0 Å². The van der Waals surface area contributed by atoms with Gasteiger partial charge in [0, 0.05) is 5.02 Å². The molecule has 35 heavy (non-hydrogen) atoms. The summed E-state index contributed by atoms with van der Waals surface area (Å²) in [7, 11) is 1.37. The van der Waals surface area contributed by atoms with E-state index in [2.05, 4.69) is 10.3 Å². The van der Waals surface area contributed by atoms with Gasteiger partial charge in [0.05, 0.1) is 48.9 Å². The molecular formula is C21H26BCl2IN2O8. The lowest BCUT2D eigenvalue weighted by Crippen LogP contribution is -2.37. The monoisotopic (exact) mass is 642 g/mol. The predicted octanol–water partition coefficient (Wildman–Crippen LogP) is 3.75. The van der Waals surface area contributed by atoms with Gasteiger partial charge in [0.1, 0.15) is 0 Å². The Morgan fingerprint density at radius 2 is 1.74 bits per heavy atom. The van der Waals surface area contributed by atoms with E-state index in [-0.39, 0.29) is 28.9 Å². The van der Waals surface area contributed by atoms with E-state index in [0.29, 0.717) is 11.4 Å². The van der Waals surface area contributed by atoms with Crippen molar-refractivity contribution in [2.45, 2.75) is 39.1 Å². The molecular weight excluding hydrogens is 617 g/mol. The average Bonchev–Trinajstić information content (AvgIpc) is 2.75. The van der Waals surface area contributed by atoms with Gasteiger partial charge in [-0.2, -0.15) is 0 Å². The highest BCUT2D eigenvalue weighted by Crippen LogP contribution is 2.22. The quantitative estimate of drug-likeness (QED) is 0.127. The van der Waals surface area contributed by atoms with Gasteiger partial charge in [-0.1, -0.05) is 59.4 Å². The van der Waals surface area contributed by atoms with Crippen LogP contribution >= 0.6 is 45.6 Å². The van der Waals surface area contributed by atoms with E-state index < -0.39 is 53.3 Å². The SMILES string of the molecule is CO/C(CNC(=O)c1cc(Cl)ccc1Cl)=N\[C@@H](CC(C)C)B(I)OC(=O)C(CC(=O)O)CC(=O)O. The number of halogens is 3. The second-order valence-electron chi connectivity index (χ2n) is 7.91. The van der Waals surface area contributed by atoms with Gasteiger partial charge in [0.15, 0.2) is 0 Å². The van der Waals surface area contributed by atoms with Crippen LogP contribution in [-0.4, -0.2) is 64.3 Å². The van der Waals surface area contributed by atoms with Crippen molar-refractivity contribution in [2.75, 3.05) is 13.7 Å². The van der Waals surface area contributed by atoms with Gasteiger partial charge >= 0.3 is 16.7 Å². The zero-order valence-corrected chi connectivity index (χ0v) is 23.0. The number of aliphatic imine (C=N–C) groups is 1. The highest BCUT2D eigenvalue weighted by Gasteiger charge is 2.34. The third-order valence-corrected chi connectivity index (χ3v) is 6.19. The van der Waals surface area contributed by atoms with Crippen molar-refractivity contribution in [3.8, 4) is 0 Å². The Hall–Kier alpha value is -2.06. The van der Waals surface area contributed by atoms with Crippen LogP contribution in [-0.2, 0) is 23.8 Å². The van der Waals surface area contributed by atoms with Crippen LogP contribution in [0.15, 0.2) is 23.2 Å². The fourth-order valence-electron chi connectivity index (χ4n) is 2.93. The zero-order chi connectivity index (χ0) is 26.7. The second kappa shape index (κ2) is 15.1. The van der Waals surface area contributed by atoms with Gasteiger partial charge in [-0.05, 0) is 30.5 Å². The standard InChI is InChI=1S/C21H26BCl2IN2O8/c1-11(2)6-16(22(25)35-21(33)12(7-18(28)29)8-19(30)31)27-17(34-3)10-26-20(32)14-9-13(23)4-5-15(14)24/h4-5,9,11-12,16H,6-8,10H2,1-3H3,(H,26,32)(H,28,29)(H,30,31)/b27-17-/t16-/m0/s1. The highest BCUT2D eigenvalue weighted by molar-refractivity contribution is 14.1. The normalized spacial score (nSPS) is 12.3. The molecule has 10 nitrogen and oxygen atoms in total. The minimum absolute atomic E-state index is 0.0925. The summed E-state index contributed by atoms with van der Waals surface area (Å²) in [5, 5.41) is 21.2. The molecule has 1 rings (SSSR count). The molecule has 0 unspecified atom stereocenters. The fourth-order valence-corrected chi connectivity index (χ4v) is 4.01. The first-order chi connectivity index (χ1) is 16.3. The van der Waals surface area contributed by atoms with Crippen molar-refractivity contribution in [3.63, 3.8) is 0 Å². The van der Waals surface area contributed by atoms with Crippen molar-refractivity contribution >= 4 is 80.1 Å². The first kappa shape index (κ1) is 31.0. The minimum Gasteiger partial charge on any atom is -0.523 e. The van der Waals surface area contributed by atoms with E-state index in [4.69, 9.17) is 42.8 Å². The zero-order valence-electron chi connectivity index (χ0n) is 19.3. The summed E-state index contributed by atoms with van der Waals surface area (Å²) in [6.45, 7) is 3.77. The molecule has 0 aliphatic carbocycles. The van der Waals surface area contributed by atoms with Crippen molar-refractivity contribution in [1.82, 2.24) is 5.32 Å². The number of ether oxygens (including phenoxy) is 1.